The first-order valence-corrected chi connectivity index (χ1v) is 6.23. The number of nitrogens with two attached hydrogens (primary N) is 1. The molecule has 3 N–H and O–H groups in total. The van der Waals surface area contributed by atoms with Gasteiger partial charge in [-0.2, -0.15) is 0 Å². The SMILES string of the molecule is CC1(NC(=O)Cc2cccc(N)c2)CCCC1. The first-order valence-electron chi connectivity index (χ1n) is 6.23. The van der Waals surface area contributed by atoms with Gasteiger partial charge >= 0.3 is 0 Å². The van der Waals surface area contributed by atoms with Gasteiger partial charge in [0.05, 0.1) is 6.42 Å². The molecule has 0 unspecified atom stereocenters. The van der Waals surface area contributed by atoms with E-state index in [1.165, 1.54) is 12.8 Å². The molecule has 0 aliphatic heterocycles. The van der Waals surface area contributed by atoms with Crippen molar-refractivity contribution in [1.29, 1.82) is 0 Å². The summed E-state index contributed by atoms with van der Waals surface area (Å²) < 4.78 is 0. The zero-order valence-corrected chi connectivity index (χ0v) is 10.3. The lowest BCUT2D eigenvalue weighted by Gasteiger charge is -2.25. The van der Waals surface area contributed by atoms with Crippen LogP contribution in [0, 0.1) is 0 Å². The van der Waals surface area contributed by atoms with Crippen LogP contribution in [-0.4, -0.2) is 11.4 Å². The van der Waals surface area contributed by atoms with E-state index in [1.807, 2.05) is 24.3 Å². The number of hydrogen-bond donors (Lipinski definition) is 2. The summed E-state index contributed by atoms with van der Waals surface area (Å²) in [6, 6.07) is 7.51. The summed E-state index contributed by atoms with van der Waals surface area (Å²) >= 11 is 0. The Balaban J connectivity index is 1.93. The largest absolute Gasteiger partial charge is 0.399 e. The van der Waals surface area contributed by atoms with Crippen molar-refractivity contribution >= 4 is 11.6 Å². The summed E-state index contributed by atoms with van der Waals surface area (Å²) in [5.41, 5.74) is 7.39. The van der Waals surface area contributed by atoms with Crippen molar-refractivity contribution in [1.82, 2.24) is 5.32 Å². The smallest absolute Gasteiger partial charge is 0.224 e. The molecular formula is C14H20N2O. The number of amides is 1. The second-order valence-corrected chi connectivity index (χ2v) is 5.24. The van der Waals surface area contributed by atoms with Crippen molar-refractivity contribution in [3.05, 3.63) is 29.8 Å². The molecule has 3 nitrogen and oxygen atoms in total. The Labute approximate surface area is 102 Å². The van der Waals surface area contributed by atoms with Crippen LogP contribution in [0.5, 0.6) is 0 Å². The van der Waals surface area contributed by atoms with Gasteiger partial charge in [-0.25, -0.2) is 0 Å². The molecule has 0 bridgehead atoms. The fourth-order valence-electron chi connectivity index (χ4n) is 2.55. The van der Waals surface area contributed by atoms with Crippen LogP contribution in [0.4, 0.5) is 5.69 Å². The number of benzene rings is 1. The molecule has 0 heterocycles. The molecule has 0 spiro atoms. The topological polar surface area (TPSA) is 55.1 Å². The van der Waals surface area contributed by atoms with Gasteiger partial charge in [0.1, 0.15) is 0 Å². The molecule has 1 fully saturated rings. The Hall–Kier alpha value is -1.51. The van der Waals surface area contributed by atoms with Gasteiger partial charge < -0.3 is 11.1 Å². The van der Waals surface area contributed by atoms with Gasteiger partial charge in [0.2, 0.25) is 5.91 Å². The Morgan fingerprint density at radius 1 is 1.41 bits per heavy atom. The van der Waals surface area contributed by atoms with Crippen LogP contribution in [-0.2, 0) is 11.2 Å². The first kappa shape index (κ1) is 12.0. The molecule has 0 saturated heterocycles. The highest BCUT2D eigenvalue weighted by molar-refractivity contribution is 5.79. The molecule has 1 saturated carbocycles. The summed E-state index contributed by atoms with van der Waals surface area (Å²) in [7, 11) is 0. The van der Waals surface area contributed by atoms with Crippen molar-refractivity contribution in [3.63, 3.8) is 0 Å². The van der Waals surface area contributed by atoms with Gasteiger partial charge in [0.15, 0.2) is 0 Å². The van der Waals surface area contributed by atoms with E-state index in [-0.39, 0.29) is 11.4 Å². The predicted molar refractivity (Wildman–Crippen MR) is 69.6 cm³/mol. The number of nitrogens with one attached hydrogen (secondary N) is 1. The normalized spacial score (nSPS) is 17.9. The maximum Gasteiger partial charge on any atom is 0.224 e. The molecule has 1 amide bonds. The highest BCUT2D eigenvalue weighted by Gasteiger charge is 2.29. The van der Waals surface area contributed by atoms with E-state index in [0.29, 0.717) is 12.1 Å². The van der Waals surface area contributed by atoms with E-state index in [4.69, 9.17) is 5.73 Å². The van der Waals surface area contributed by atoms with Crippen molar-refractivity contribution < 1.29 is 4.79 Å². The van der Waals surface area contributed by atoms with E-state index >= 15 is 0 Å². The van der Waals surface area contributed by atoms with Crippen molar-refractivity contribution in [2.45, 2.75) is 44.6 Å². The lowest BCUT2D eigenvalue weighted by Crippen LogP contribution is -2.44. The van der Waals surface area contributed by atoms with E-state index in [1.54, 1.807) is 0 Å². The minimum absolute atomic E-state index is 0.0113. The lowest BCUT2D eigenvalue weighted by molar-refractivity contribution is -0.122. The van der Waals surface area contributed by atoms with Crippen molar-refractivity contribution in [3.8, 4) is 0 Å². The monoisotopic (exact) mass is 232 g/mol. The average molecular weight is 232 g/mol. The third kappa shape index (κ3) is 3.22. The lowest BCUT2D eigenvalue weighted by atomic mass is 10.00. The summed E-state index contributed by atoms with van der Waals surface area (Å²) in [6.07, 6.45) is 5.04. The third-order valence-corrected chi connectivity index (χ3v) is 3.46. The van der Waals surface area contributed by atoms with E-state index in [0.717, 1.165) is 18.4 Å². The molecule has 17 heavy (non-hydrogen) atoms. The fourth-order valence-corrected chi connectivity index (χ4v) is 2.55. The first-order chi connectivity index (χ1) is 8.07. The van der Waals surface area contributed by atoms with E-state index in [9.17, 15) is 4.79 Å². The molecule has 1 aromatic rings. The number of hydrogen-bond acceptors (Lipinski definition) is 2. The predicted octanol–water partition coefficient (Wildman–Crippen LogP) is 2.26. The fraction of sp³-hybridized carbons (Fsp3) is 0.500. The van der Waals surface area contributed by atoms with Crippen LogP contribution in [0.2, 0.25) is 0 Å². The van der Waals surface area contributed by atoms with Gasteiger partial charge in [0, 0.05) is 11.2 Å². The third-order valence-electron chi connectivity index (χ3n) is 3.46. The van der Waals surface area contributed by atoms with Gasteiger partial charge in [-0.3, -0.25) is 4.79 Å². The molecule has 3 heteroatoms. The molecule has 1 aliphatic carbocycles. The zero-order valence-electron chi connectivity index (χ0n) is 10.3. The second-order valence-electron chi connectivity index (χ2n) is 5.24. The minimum Gasteiger partial charge on any atom is -0.399 e. The summed E-state index contributed by atoms with van der Waals surface area (Å²) in [5, 5.41) is 3.14. The Kier molecular flexibility index (Phi) is 3.36. The molecular weight excluding hydrogens is 212 g/mol. The summed E-state index contributed by atoms with van der Waals surface area (Å²) in [4.78, 5) is 11.9. The van der Waals surface area contributed by atoms with Crippen LogP contribution < -0.4 is 11.1 Å². The summed E-state index contributed by atoms with van der Waals surface area (Å²) in [5.74, 6) is 0.0972. The number of carbonyl (C=O) groups is 1. The van der Waals surface area contributed by atoms with Gasteiger partial charge in [-0.15, -0.1) is 0 Å². The van der Waals surface area contributed by atoms with Crippen LogP contribution in [0.25, 0.3) is 0 Å². The van der Waals surface area contributed by atoms with Gasteiger partial charge in [-0.1, -0.05) is 25.0 Å². The Morgan fingerprint density at radius 2 is 2.12 bits per heavy atom. The molecule has 2 rings (SSSR count). The number of rotatable bonds is 3. The van der Waals surface area contributed by atoms with Crippen LogP contribution >= 0.6 is 0 Å². The number of carbonyl (C=O) groups excluding carboxylic acids is 1. The maximum absolute atomic E-state index is 11.9. The number of nitrogen functional groups attached to an aromatic ring is 1. The van der Waals surface area contributed by atoms with E-state index < -0.39 is 0 Å². The highest BCUT2D eigenvalue weighted by Crippen LogP contribution is 2.28. The molecule has 0 aromatic heterocycles. The molecule has 1 aromatic carbocycles. The van der Waals surface area contributed by atoms with Crippen LogP contribution in [0.15, 0.2) is 24.3 Å². The minimum atomic E-state index is 0.0113. The van der Waals surface area contributed by atoms with Crippen molar-refractivity contribution in [2.75, 3.05) is 5.73 Å². The molecule has 92 valence electrons. The summed E-state index contributed by atoms with van der Waals surface area (Å²) in [6.45, 7) is 2.14. The van der Waals surface area contributed by atoms with E-state index in [2.05, 4.69) is 12.2 Å². The highest BCUT2D eigenvalue weighted by atomic mass is 16.1. The zero-order chi connectivity index (χ0) is 12.3. The Morgan fingerprint density at radius 3 is 2.76 bits per heavy atom. The molecule has 1 aliphatic rings. The Bertz CT molecular complexity index is 408. The van der Waals surface area contributed by atoms with Gasteiger partial charge in [0.25, 0.3) is 0 Å². The standard InChI is InChI=1S/C14H20N2O/c1-14(7-2-3-8-14)16-13(17)10-11-5-4-6-12(15)9-11/h4-6,9H,2-3,7-8,10,15H2,1H3,(H,16,17). The second kappa shape index (κ2) is 4.78. The van der Waals surface area contributed by atoms with Crippen LogP contribution in [0.1, 0.15) is 38.2 Å². The maximum atomic E-state index is 11.9. The molecule has 0 atom stereocenters. The quantitative estimate of drug-likeness (QED) is 0.785. The number of anilines is 1. The average Bonchev–Trinajstić information content (AvgIpc) is 2.64. The van der Waals surface area contributed by atoms with Crippen LogP contribution in [0.3, 0.4) is 0 Å². The van der Waals surface area contributed by atoms with Gasteiger partial charge in [-0.05, 0) is 37.5 Å². The molecule has 0 radical (unpaired) electrons. The van der Waals surface area contributed by atoms with Crippen molar-refractivity contribution in [2.24, 2.45) is 0 Å².